The summed E-state index contributed by atoms with van der Waals surface area (Å²) in [6.07, 6.45) is 2.03. The Morgan fingerprint density at radius 3 is 2.58 bits per heavy atom. The molecule has 1 rings (SSSR count). The van der Waals surface area contributed by atoms with Gasteiger partial charge in [-0.15, -0.1) is 0 Å². The van der Waals surface area contributed by atoms with E-state index in [2.05, 4.69) is 15.4 Å². The second-order valence-electron chi connectivity index (χ2n) is 3.17. The van der Waals surface area contributed by atoms with Crippen molar-refractivity contribution >= 4 is 28.8 Å². The van der Waals surface area contributed by atoms with Crippen LogP contribution in [0.2, 0.25) is 0 Å². The molecule has 0 radical (unpaired) electrons. The smallest absolute Gasteiger partial charge is 0.231 e. The number of amides is 1. The molecule has 1 amide bonds. The van der Waals surface area contributed by atoms with Gasteiger partial charge in [-0.25, -0.2) is 0 Å². The van der Waals surface area contributed by atoms with Gasteiger partial charge in [-0.1, -0.05) is 6.92 Å². The van der Waals surface area contributed by atoms with E-state index in [1.54, 1.807) is 0 Å². The number of nitrogens with one attached hydrogen (secondary N) is 1. The van der Waals surface area contributed by atoms with E-state index in [1.807, 2.05) is 22.9 Å². The summed E-state index contributed by atoms with van der Waals surface area (Å²) in [5, 5.41) is 0. The monoisotopic (exact) mass is 282 g/mol. The van der Waals surface area contributed by atoms with Gasteiger partial charge < -0.3 is 4.90 Å². The Hall–Kier alpha value is 0.160. The number of likely N-dealkylation sites (tertiary alicyclic amines) is 1. The average Bonchev–Trinajstić information content (AvgIpc) is 2.17. The van der Waals surface area contributed by atoms with Crippen molar-refractivity contribution in [3.63, 3.8) is 0 Å². The maximum atomic E-state index is 11.2. The molecule has 70 valence electrons. The first-order valence-electron chi connectivity index (χ1n) is 4.40. The van der Waals surface area contributed by atoms with Crippen molar-refractivity contribution in [2.75, 3.05) is 19.6 Å². The molecule has 0 aromatic rings. The number of hydrogen-bond acceptors (Lipinski definition) is 2. The van der Waals surface area contributed by atoms with E-state index in [-0.39, 0.29) is 11.8 Å². The van der Waals surface area contributed by atoms with Crippen molar-refractivity contribution in [2.45, 2.75) is 19.8 Å². The third-order valence-electron chi connectivity index (χ3n) is 2.50. The first kappa shape index (κ1) is 10.2. The van der Waals surface area contributed by atoms with Crippen LogP contribution in [-0.4, -0.2) is 30.4 Å². The number of piperidine rings is 1. The molecule has 1 saturated heterocycles. The van der Waals surface area contributed by atoms with Crippen LogP contribution in [0.5, 0.6) is 0 Å². The lowest BCUT2D eigenvalue weighted by molar-refractivity contribution is -0.124. The molecule has 0 atom stereocenters. The quantitative estimate of drug-likeness (QED) is 0.609. The van der Waals surface area contributed by atoms with Crippen molar-refractivity contribution in [2.24, 2.45) is 5.92 Å². The summed E-state index contributed by atoms with van der Waals surface area (Å²) in [6, 6.07) is 0. The lowest BCUT2D eigenvalue weighted by atomic mass is 9.96. The predicted molar refractivity (Wildman–Crippen MR) is 57.0 cm³/mol. The first-order chi connectivity index (χ1) is 5.77. The standard InChI is InChI=1S/C8H15IN2O/c1-2-11-5-3-7(4-6-11)8(12)10-9/h7H,2-6H2,1H3,(H,10,12). The van der Waals surface area contributed by atoms with E-state index in [4.69, 9.17) is 0 Å². The molecular formula is C8H15IN2O. The molecule has 1 heterocycles. The van der Waals surface area contributed by atoms with Crippen LogP contribution >= 0.6 is 22.9 Å². The van der Waals surface area contributed by atoms with E-state index >= 15 is 0 Å². The molecule has 4 heteroatoms. The molecule has 3 nitrogen and oxygen atoms in total. The second-order valence-corrected chi connectivity index (χ2v) is 3.71. The Labute approximate surface area is 87.4 Å². The maximum Gasteiger partial charge on any atom is 0.231 e. The van der Waals surface area contributed by atoms with Crippen LogP contribution in [0, 0.1) is 5.92 Å². The Morgan fingerprint density at radius 2 is 2.17 bits per heavy atom. The number of rotatable bonds is 2. The van der Waals surface area contributed by atoms with Crippen LogP contribution in [0.15, 0.2) is 0 Å². The van der Waals surface area contributed by atoms with Crippen molar-refractivity contribution < 1.29 is 4.79 Å². The highest BCUT2D eigenvalue weighted by atomic mass is 127. The lowest BCUT2D eigenvalue weighted by Crippen LogP contribution is -2.38. The van der Waals surface area contributed by atoms with Crippen molar-refractivity contribution in [1.29, 1.82) is 0 Å². The fraction of sp³-hybridized carbons (Fsp3) is 0.875. The fourth-order valence-corrected chi connectivity index (χ4v) is 2.03. The molecule has 0 bridgehead atoms. The minimum atomic E-state index is 0.200. The number of carbonyl (C=O) groups excluding carboxylic acids is 1. The van der Waals surface area contributed by atoms with Crippen molar-refractivity contribution in [3.8, 4) is 0 Å². The van der Waals surface area contributed by atoms with Gasteiger partial charge in [0.05, 0.1) is 22.9 Å². The molecule has 0 aromatic heterocycles. The van der Waals surface area contributed by atoms with Crippen LogP contribution in [0.25, 0.3) is 0 Å². The summed E-state index contributed by atoms with van der Waals surface area (Å²) in [5.41, 5.74) is 0. The van der Waals surface area contributed by atoms with Crippen LogP contribution in [0.4, 0.5) is 0 Å². The summed E-state index contributed by atoms with van der Waals surface area (Å²) in [5.74, 6) is 0.455. The zero-order valence-electron chi connectivity index (χ0n) is 7.35. The minimum absolute atomic E-state index is 0.200. The normalized spacial score (nSPS) is 20.8. The third-order valence-corrected chi connectivity index (χ3v) is 3.03. The first-order valence-corrected chi connectivity index (χ1v) is 5.48. The molecule has 1 fully saturated rings. The SMILES string of the molecule is CCN1CCC(C(=O)NI)CC1. The van der Waals surface area contributed by atoms with Gasteiger partial charge in [0.15, 0.2) is 0 Å². The summed E-state index contributed by atoms with van der Waals surface area (Å²) in [6.45, 7) is 5.42. The summed E-state index contributed by atoms with van der Waals surface area (Å²) in [7, 11) is 0. The van der Waals surface area contributed by atoms with Crippen molar-refractivity contribution in [1.82, 2.24) is 8.43 Å². The lowest BCUT2D eigenvalue weighted by Gasteiger charge is -2.29. The van der Waals surface area contributed by atoms with Crippen LogP contribution < -0.4 is 3.53 Å². The molecular weight excluding hydrogens is 267 g/mol. The van der Waals surface area contributed by atoms with Gasteiger partial charge >= 0.3 is 0 Å². The van der Waals surface area contributed by atoms with Gasteiger partial charge in [0, 0.05) is 5.92 Å². The van der Waals surface area contributed by atoms with E-state index in [0.717, 1.165) is 32.5 Å². The Balaban J connectivity index is 2.30. The number of hydrogen-bond donors (Lipinski definition) is 1. The number of nitrogens with zero attached hydrogens (tertiary/aromatic N) is 1. The molecule has 0 aliphatic carbocycles. The van der Waals surface area contributed by atoms with Gasteiger partial charge in [0.2, 0.25) is 5.91 Å². The van der Waals surface area contributed by atoms with Crippen LogP contribution in [0.1, 0.15) is 19.8 Å². The van der Waals surface area contributed by atoms with Gasteiger partial charge in [-0.05, 0) is 32.5 Å². The Kier molecular flexibility index (Phi) is 4.28. The molecule has 1 aliphatic heterocycles. The van der Waals surface area contributed by atoms with E-state index in [0.29, 0.717) is 0 Å². The van der Waals surface area contributed by atoms with Crippen LogP contribution in [-0.2, 0) is 4.79 Å². The number of carbonyl (C=O) groups is 1. The summed E-state index contributed by atoms with van der Waals surface area (Å²) in [4.78, 5) is 13.6. The van der Waals surface area contributed by atoms with E-state index < -0.39 is 0 Å². The number of halogens is 1. The van der Waals surface area contributed by atoms with E-state index in [9.17, 15) is 4.79 Å². The topological polar surface area (TPSA) is 32.3 Å². The molecule has 1 N–H and O–H groups in total. The highest BCUT2D eigenvalue weighted by molar-refractivity contribution is 14.1. The van der Waals surface area contributed by atoms with Gasteiger partial charge in [-0.3, -0.25) is 8.32 Å². The molecule has 0 unspecified atom stereocenters. The van der Waals surface area contributed by atoms with Gasteiger partial charge in [0.25, 0.3) is 0 Å². The molecule has 12 heavy (non-hydrogen) atoms. The average molecular weight is 282 g/mol. The minimum Gasteiger partial charge on any atom is -0.304 e. The highest BCUT2D eigenvalue weighted by Gasteiger charge is 2.23. The predicted octanol–water partition coefficient (Wildman–Crippen LogP) is 1.18. The van der Waals surface area contributed by atoms with Crippen molar-refractivity contribution in [3.05, 3.63) is 0 Å². The zero-order chi connectivity index (χ0) is 8.97. The molecule has 0 saturated carbocycles. The Morgan fingerprint density at radius 1 is 1.58 bits per heavy atom. The fourth-order valence-electron chi connectivity index (χ4n) is 1.59. The highest BCUT2D eigenvalue weighted by Crippen LogP contribution is 2.16. The molecule has 0 spiro atoms. The summed E-state index contributed by atoms with van der Waals surface area (Å²) < 4.78 is 2.68. The molecule has 0 aromatic carbocycles. The Bertz CT molecular complexity index is 155. The zero-order valence-corrected chi connectivity index (χ0v) is 9.50. The van der Waals surface area contributed by atoms with Gasteiger partial charge in [-0.2, -0.15) is 0 Å². The summed E-state index contributed by atoms with van der Waals surface area (Å²) >= 11 is 1.92. The van der Waals surface area contributed by atoms with E-state index in [1.165, 1.54) is 0 Å². The van der Waals surface area contributed by atoms with Gasteiger partial charge in [0.1, 0.15) is 0 Å². The van der Waals surface area contributed by atoms with Crippen LogP contribution in [0.3, 0.4) is 0 Å². The second kappa shape index (κ2) is 5.01. The maximum absolute atomic E-state index is 11.2. The largest absolute Gasteiger partial charge is 0.304 e. The molecule has 1 aliphatic rings. The third kappa shape index (κ3) is 2.58.